The number of nitrogens with zero attached hydrogens (tertiary/aromatic N) is 3. The van der Waals surface area contributed by atoms with E-state index in [1.165, 1.54) is 6.20 Å². The Kier molecular flexibility index (Phi) is 6.17. The van der Waals surface area contributed by atoms with Gasteiger partial charge in [0, 0.05) is 59.8 Å². The molecule has 200 valence electrons. The molecule has 6 rings (SSSR count). The first-order valence-electron chi connectivity index (χ1n) is 12.7. The van der Waals surface area contributed by atoms with Gasteiger partial charge in [0.2, 0.25) is 0 Å². The number of carbonyl (C=O) groups excluding carboxylic acids is 1. The number of benzene rings is 2. The van der Waals surface area contributed by atoms with Crippen LogP contribution < -0.4 is 10.1 Å². The molecule has 1 amide bonds. The van der Waals surface area contributed by atoms with Gasteiger partial charge in [0.25, 0.3) is 11.9 Å². The summed E-state index contributed by atoms with van der Waals surface area (Å²) in [5.41, 5.74) is 2.70. The summed E-state index contributed by atoms with van der Waals surface area (Å²) < 4.78 is 41.6. The molecule has 2 aromatic heterocycles. The van der Waals surface area contributed by atoms with Crippen LogP contribution in [0.3, 0.4) is 0 Å². The van der Waals surface area contributed by atoms with E-state index < -0.39 is 17.4 Å². The van der Waals surface area contributed by atoms with E-state index in [1.54, 1.807) is 29.3 Å². The second kappa shape index (κ2) is 9.68. The fraction of sp³-hybridized carbons (Fsp3) is 0.276. The first-order valence-corrected chi connectivity index (χ1v) is 12.7. The minimum atomic E-state index is -0.884. The highest BCUT2D eigenvalue weighted by Gasteiger charge is 2.25. The van der Waals surface area contributed by atoms with Gasteiger partial charge in [0.15, 0.2) is 17.4 Å². The summed E-state index contributed by atoms with van der Waals surface area (Å²) in [5, 5.41) is 3.39. The number of aromatic nitrogens is 2. The minimum Gasteiger partial charge on any atom is -0.464 e. The molecule has 2 aliphatic heterocycles. The van der Waals surface area contributed by atoms with E-state index in [9.17, 15) is 4.79 Å². The van der Waals surface area contributed by atoms with E-state index in [2.05, 4.69) is 20.3 Å². The van der Waals surface area contributed by atoms with Crippen LogP contribution in [0.25, 0.3) is 22.2 Å². The van der Waals surface area contributed by atoms with E-state index >= 15 is 8.78 Å². The Labute approximate surface area is 223 Å². The molecule has 8 nitrogen and oxygen atoms in total. The van der Waals surface area contributed by atoms with Gasteiger partial charge < -0.3 is 24.7 Å². The Balaban J connectivity index is 1.27. The second-order valence-electron chi connectivity index (χ2n) is 10.5. The van der Waals surface area contributed by atoms with Crippen molar-refractivity contribution in [2.75, 3.05) is 31.6 Å². The van der Waals surface area contributed by atoms with E-state index in [1.807, 2.05) is 26.0 Å². The number of anilines is 1. The van der Waals surface area contributed by atoms with Crippen LogP contribution in [0.5, 0.6) is 11.5 Å². The van der Waals surface area contributed by atoms with Gasteiger partial charge >= 0.3 is 0 Å². The van der Waals surface area contributed by atoms with Crippen molar-refractivity contribution in [1.82, 2.24) is 14.9 Å². The van der Waals surface area contributed by atoms with E-state index in [-0.39, 0.29) is 28.8 Å². The molecule has 4 aromatic rings. The Bertz CT molecular complexity index is 1570. The van der Waals surface area contributed by atoms with Crippen LogP contribution in [0.15, 0.2) is 59.9 Å². The van der Waals surface area contributed by atoms with Crippen molar-refractivity contribution in [1.29, 1.82) is 0 Å². The number of pyridine rings is 1. The van der Waals surface area contributed by atoms with Crippen LogP contribution >= 0.6 is 0 Å². The van der Waals surface area contributed by atoms with Crippen molar-refractivity contribution in [2.45, 2.75) is 20.3 Å². The van der Waals surface area contributed by atoms with E-state index in [0.717, 1.165) is 42.8 Å². The Morgan fingerprint density at radius 1 is 1.13 bits per heavy atom. The lowest BCUT2D eigenvalue weighted by Crippen LogP contribution is -2.41. The normalized spacial score (nSPS) is 16.3. The summed E-state index contributed by atoms with van der Waals surface area (Å²) in [5.74, 6) is -2.07. The third-order valence-corrected chi connectivity index (χ3v) is 6.83. The number of likely N-dealkylation sites (tertiary alicyclic amines) is 1. The highest BCUT2D eigenvalue weighted by Crippen LogP contribution is 2.38. The topological polar surface area (TPSA) is 91.8 Å². The van der Waals surface area contributed by atoms with Crippen molar-refractivity contribution >= 4 is 28.6 Å². The van der Waals surface area contributed by atoms with Crippen molar-refractivity contribution in [2.24, 2.45) is 10.4 Å². The van der Waals surface area contributed by atoms with Crippen molar-refractivity contribution < 1.29 is 23.0 Å². The Hall–Kier alpha value is -4.47. The maximum absolute atomic E-state index is 15.1. The maximum Gasteiger partial charge on any atom is 0.289 e. The fourth-order valence-electron chi connectivity index (χ4n) is 4.51. The minimum absolute atomic E-state index is 0.00672. The zero-order chi connectivity index (χ0) is 27.1. The molecule has 0 saturated carbocycles. The summed E-state index contributed by atoms with van der Waals surface area (Å²) in [7, 11) is 0. The predicted octanol–water partition coefficient (Wildman–Crippen LogP) is 5.97. The number of carbonyl (C=O) groups is 1. The molecule has 1 fully saturated rings. The quantitative estimate of drug-likeness (QED) is 0.331. The van der Waals surface area contributed by atoms with Gasteiger partial charge in [-0.05, 0) is 30.2 Å². The first kappa shape index (κ1) is 24.8. The summed E-state index contributed by atoms with van der Waals surface area (Å²) in [6.07, 6.45) is 4.28. The summed E-state index contributed by atoms with van der Waals surface area (Å²) in [6, 6.07) is 11.3. The third-order valence-electron chi connectivity index (χ3n) is 6.83. The maximum atomic E-state index is 15.1. The largest absolute Gasteiger partial charge is 0.464 e. The lowest BCUT2D eigenvalue weighted by atomic mass is 9.95. The molecule has 4 heterocycles. The molecular formula is C29H27F2N5O3. The summed E-state index contributed by atoms with van der Waals surface area (Å²) in [4.78, 5) is 26.0. The number of amides is 1. The average Bonchev–Trinajstić information content (AvgIpc) is 3.32. The lowest BCUT2D eigenvalue weighted by Gasteiger charge is -2.30. The first-order chi connectivity index (χ1) is 18.8. The number of aromatic amines is 1. The molecule has 2 N–H and O–H groups in total. The highest BCUT2D eigenvalue weighted by molar-refractivity contribution is 5.99. The van der Waals surface area contributed by atoms with E-state index in [4.69, 9.17) is 9.47 Å². The molecule has 0 aliphatic carbocycles. The van der Waals surface area contributed by atoms with Crippen LogP contribution in [0.2, 0.25) is 0 Å². The fourth-order valence-corrected chi connectivity index (χ4v) is 4.51. The van der Waals surface area contributed by atoms with Crippen LogP contribution in [0.1, 0.15) is 30.6 Å². The van der Waals surface area contributed by atoms with Crippen molar-refractivity contribution in [3.8, 4) is 22.6 Å². The molecule has 0 bridgehead atoms. The lowest BCUT2D eigenvalue weighted by molar-refractivity contribution is 0.0652. The van der Waals surface area contributed by atoms with Gasteiger partial charge in [-0.25, -0.2) is 18.8 Å². The van der Waals surface area contributed by atoms with Gasteiger partial charge in [0.1, 0.15) is 11.4 Å². The van der Waals surface area contributed by atoms with Crippen LogP contribution in [-0.4, -0.2) is 53.0 Å². The van der Waals surface area contributed by atoms with Gasteiger partial charge in [-0.15, -0.1) is 0 Å². The van der Waals surface area contributed by atoms with Crippen molar-refractivity contribution in [3.63, 3.8) is 0 Å². The number of nitrogens with one attached hydrogen (secondary N) is 2. The molecule has 39 heavy (non-hydrogen) atoms. The predicted molar refractivity (Wildman–Crippen MR) is 144 cm³/mol. The molecule has 1 saturated heterocycles. The van der Waals surface area contributed by atoms with Gasteiger partial charge in [-0.3, -0.25) is 4.79 Å². The molecule has 2 aliphatic rings. The van der Waals surface area contributed by atoms with Crippen LogP contribution in [0, 0.1) is 17.0 Å². The Morgan fingerprint density at radius 3 is 2.51 bits per heavy atom. The molecule has 0 unspecified atom stereocenters. The number of halogens is 2. The molecule has 2 aromatic carbocycles. The van der Waals surface area contributed by atoms with Gasteiger partial charge in [0.05, 0.1) is 18.5 Å². The molecule has 0 spiro atoms. The smallest absolute Gasteiger partial charge is 0.289 e. The summed E-state index contributed by atoms with van der Waals surface area (Å²) in [6.45, 7) is 6.58. The molecular weight excluding hydrogens is 504 g/mol. The van der Waals surface area contributed by atoms with E-state index in [0.29, 0.717) is 29.7 Å². The number of fused-ring (bicyclic) bond motifs is 1. The highest BCUT2D eigenvalue weighted by atomic mass is 19.1. The third kappa shape index (κ3) is 4.89. The zero-order valence-corrected chi connectivity index (χ0v) is 21.6. The van der Waals surface area contributed by atoms with Crippen LogP contribution in [0.4, 0.5) is 14.5 Å². The number of rotatable bonds is 5. The standard InChI is InChI=1S/C29H27F2N5O3/c1-29(2)15-34-28(38-16-29)35-19-12-21(30)25(22(31)13-19)39-23-8-9-32-26-24(23)20(14-33-26)17-4-6-18(7-5-17)27(37)36-10-3-11-36/h4-9,12-14H,3,10-11,15-16H2,1-2H3,(H,32,33)(H,34,35). The SMILES string of the molecule is CC1(C)CN=C(Nc2cc(F)c(Oc3ccnc4[nH]cc(-c5ccc(C(=O)N6CCC6)cc5)c34)c(F)c2)OC1. The number of H-pyrrole nitrogens is 1. The number of aliphatic imine (C=N–C) groups is 1. The summed E-state index contributed by atoms with van der Waals surface area (Å²) >= 11 is 0. The molecule has 0 atom stereocenters. The Morgan fingerprint density at radius 2 is 1.87 bits per heavy atom. The zero-order valence-electron chi connectivity index (χ0n) is 21.6. The average molecular weight is 532 g/mol. The molecule has 10 heteroatoms. The number of ether oxygens (including phenoxy) is 2. The van der Waals surface area contributed by atoms with Crippen LogP contribution in [-0.2, 0) is 4.74 Å². The number of amidine groups is 1. The van der Waals surface area contributed by atoms with Crippen molar-refractivity contribution in [3.05, 3.63) is 72.1 Å². The molecule has 0 radical (unpaired) electrons. The van der Waals surface area contributed by atoms with Gasteiger partial charge in [-0.1, -0.05) is 26.0 Å². The monoisotopic (exact) mass is 531 g/mol. The number of hydrogen-bond donors (Lipinski definition) is 2. The second-order valence-corrected chi connectivity index (χ2v) is 10.5. The number of hydrogen-bond acceptors (Lipinski definition) is 6. The van der Waals surface area contributed by atoms with Gasteiger partial charge in [-0.2, -0.15) is 0 Å².